The maximum absolute atomic E-state index is 12.4. The first-order valence-electron chi connectivity index (χ1n) is 7.37. The minimum atomic E-state index is -0.857. The fourth-order valence-corrected chi connectivity index (χ4v) is 3.11. The van der Waals surface area contributed by atoms with Gasteiger partial charge in [0.15, 0.2) is 0 Å². The third-order valence-corrected chi connectivity index (χ3v) is 4.93. The topological polar surface area (TPSA) is 62.1 Å². The van der Waals surface area contributed by atoms with Gasteiger partial charge in [-0.3, -0.25) is 4.79 Å². The van der Waals surface area contributed by atoms with Crippen molar-refractivity contribution in [2.45, 2.75) is 52.0 Å². The molecule has 1 amide bonds. The summed E-state index contributed by atoms with van der Waals surface area (Å²) in [5, 5.41) is 12.5. The standard InChI is InChI=1S/C15H24N2O2/c1-11-3-4-13(9-12(11)2)17-14(18)15(10-16)5-7-19-8-6-15/h11-13H,3-9H2,1-2H3,(H,17,18). The van der Waals surface area contributed by atoms with Gasteiger partial charge in [-0.25, -0.2) is 0 Å². The van der Waals surface area contributed by atoms with Crippen molar-refractivity contribution in [2.24, 2.45) is 17.3 Å². The Hall–Kier alpha value is -1.08. The number of nitriles is 1. The molecule has 0 aromatic carbocycles. The van der Waals surface area contributed by atoms with Crippen LogP contribution in [0.25, 0.3) is 0 Å². The van der Waals surface area contributed by atoms with Gasteiger partial charge in [-0.05, 0) is 43.9 Å². The maximum Gasteiger partial charge on any atom is 0.240 e. The van der Waals surface area contributed by atoms with Gasteiger partial charge in [0.1, 0.15) is 5.41 Å². The summed E-state index contributed by atoms with van der Waals surface area (Å²) in [5.41, 5.74) is -0.857. The minimum absolute atomic E-state index is 0.0787. The molecule has 2 fully saturated rings. The molecule has 4 nitrogen and oxygen atoms in total. The molecule has 3 unspecified atom stereocenters. The van der Waals surface area contributed by atoms with Crippen molar-refractivity contribution in [3.05, 3.63) is 0 Å². The number of ether oxygens (including phenoxy) is 1. The molecular formula is C15H24N2O2. The first kappa shape index (κ1) is 14.3. The van der Waals surface area contributed by atoms with Crippen LogP contribution in [0.2, 0.25) is 0 Å². The van der Waals surface area contributed by atoms with Gasteiger partial charge < -0.3 is 10.1 Å². The van der Waals surface area contributed by atoms with E-state index in [-0.39, 0.29) is 11.9 Å². The summed E-state index contributed by atoms with van der Waals surface area (Å²) in [6, 6.07) is 2.48. The molecule has 4 heteroatoms. The zero-order valence-corrected chi connectivity index (χ0v) is 11.9. The Morgan fingerprint density at radius 2 is 1.95 bits per heavy atom. The largest absolute Gasteiger partial charge is 0.381 e. The highest BCUT2D eigenvalue weighted by molar-refractivity contribution is 5.85. The number of hydrogen-bond donors (Lipinski definition) is 1. The summed E-state index contributed by atoms with van der Waals surface area (Å²) in [5.74, 6) is 1.30. The van der Waals surface area contributed by atoms with Crippen molar-refractivity contribution in [2.75, 3.05) is 13.2 Å². The molecule has 1 heterocycles. The van der Waals surface area contributed by atoms with Gasteiger partial charge in [0, 0.05) is 19.3 Å². The van der Waals surface area contributed by atoms with Crippen LogP contribution in [-0.4, -0.2) is 25.2 Å². The van der Waals surface area contributed by atoms with E-state index in [4.69, 9.17) is 4.74 Å². The zero-order valence-electron chi connectivity index (χ0n) is 11.9. The van der Waals surface area contributed by atoms with Gasteiger partial charge in [0.2, 0.25) is 5.91 Å². The third-order valence-electron chi connectivity index (χ3n) is 4.93. The molecule has 1 aliphatic carbocycles. The Labute approximate surface area is 115 Å². The number of nitrogens with one attached hydrogen (secondary N) is 1. The molecule has 0 radical (unpaired) electrons. The predicted molar refractivity (Wildman–Crippen MR) is 72.2 cm³/mol. The first-order valence-corrected chi connectivity index (χ1v) is 7.37. The Morgan fingerprint density at radius 3 is 2.53 bits per heavy atom. The van der Waals surface area contributed by atoms with Crippen LogP contribution in [0.1, 0.15) is 46.0 Å². The molecule has 0 aromatic heterocycles. The van der Waals surface area contributed by atoms with E-state index >= 15 is 0 Å². The molecule has 1 saturated heterocycles. The summed E-state index contributed by atoms with van der Waals surface area (Å²) in [7, 11) is 0. The van der Waals surface area contributed by atoms with Crippen LogP contribution in [0.5, 0.6) is 0 Å². The van der Waals surface area contributed by atoms with Gasteiger partial charge in [0.05, 0.1) is 6.07 Å². The van der Waals surface area contributed by atoms with Crippen LogP contribution in [0.3, 0.4) is 0 Å². The first-order chi connectivity index (χ1) is 9.07. The third kappa shape index (κ3) is 3.09. The highest BCUT2D eigenvalue weighted by atomic mass is 16.5. The molecule has 1 saturated carbocycles. The maximum atomic E-state index is 12.4. The molecule has 0 bridgehead atoms. The number of amides is 1. The smallest absolute Gasteiger partial charge is 0.240 e. The van der Waals surface area contributed by atoms with E-state index in [1.807, 2.05) is 0 Å². The van der Waals surface area contributed by atoms with Gasteiger partial charge in [0.25, 0.3) is 0 Å². The van der Waals surface area contributed by atoms with Gasteiger partial charge >= 0.3 is 0 Å². The Bertz CT molecular complexity index is 369. The summed E-state index contributed by atoms with van der Waals surface area (Å²) in [6.07, 6.45) is 4.27. The Morgan fingerprint density at radius 1 is 1.26 bits per heavy atom. The summed E-state index contributed by atoms with van der Waals surface area (Å²) >= 11 is 0. The molecule has 0 spiro atoms. The van der Waals surface area contributed by atoms with Crippen LogP contribution >= 0.6 is 0 Å². The average Bonchev–Trinajstić information content (AvgIpc) is 2.43. The molecule has 2 aliphatic rings. The van der Waals surface area contributed by atoms with Gasteiger partial charge in [-0.2, -0.15) is 5.26 Å². The Kier molecular flexibility index (Phi) is 4.46. The number of carbonyl (C=O) groups is 1. The number of nitrogens with zero attached hydrogens (tertiary/aromatic N) is 1. The lowest BCUT2D eigenvalue weighted by Crippen LogP contribution is -2.49. The highest BCUT2D eigenvalue weighted by Crippen LogP contribution is 2.33. The van der Waals surface area contributed by atoms with E-state index in [0.717, 1.165) is 25.2 Å². The minimum Gasteiger partial charge on any atom is -0.381 e. The van der Waals surface area contributed by atoms with E-state index in [1.54, 1.807) is 0 Å². The quantitative estimate of drug-likeness (QED) is 0.832. The van der Waals surface area contributed by atoms with Crippen molar-refractivity contribution in [1.29, 1.82) is 5.26 Å². The van der Waals surface area contributed by atoms with E-state index in [0.29, 0.717) is 32.0 Å². The molecule has 1 aliphatic heterocycles. The highest BCUT2D eigenvalue weighted by Gasteiger charge is 2.41. The lowest BCUT2D eigenvalue weighted by Gasteiger charge is -2.35. The van der Waals surface area contributed by atoms with Crippen molar-refractivity contribution < 1.29 is 9.53 Å². The number of rotatable bonds is 2. The fourth-order valence-electron chi connectivity index (χ4n) is 3.11. The second kappa shape index (κ2) is 5.92. The lowest BCUT2D eigenvalue weighted by atomic mass is 9.77. The molecule has 1 N–H and O–H groups in total. The van der Waals surface area contributed by atoms with E-state index in [2.05, 4.69) is 25.2 Å². The zero-order chi connectivity index (χ0) is 13.9. The van der Waals surface area contributed by atoms with Crippen LogP contribution in [0.15, 0.2) is 0 Å². The summed E-state index contributed by atoms with van der Waals surface area (Å²) in [4.78, 5) is 12.4. The predicted octanol–water partition coefficient (Wildman–Crippen LogP) is 2.25. The van der Waals surface area contributed by atoms with E-state index < -0.39 is 5.41 Å². The summed E-state index contributed by atoms with van der Waals surface area (Å²) < 4.78 is 5.27. The molecule has 19 heavy (non-hydrogen) atoms. The molecule has 3 atom stereocenters. The van der Waals surface area contributed by atoms with Crippen LogP contribution < -0.4 is 5.32 Å². The van der Waals surface area contributed by atoms with E-state index in [1.165, 1.54) is 0 Å². The van der Waals surface area contributed by atoms with Crippen LogP contribution in [0, 0.1) is 28.6 Å². The number of carbonyl (C=O) groups excluding carboxylic acids is 1. The monoisotopic (exact) mass is 264 g/mol. The van der Waals surface area contributed by atoms with Crippen molar-refractivity contribution in [1.82, 2.24) is 5.32 Å². The number of hydrogen-bond acceptors (Lipinski definition) is 3. The van der Waals surface area contributed by atoms with Gasteiger partial charge in [-0.15, -0.1) is 0 Å². The second-order valence-electron chi connectivity index (χ2n) is 6.24. The normalized spacial score (nSPS) is 34.3. The van der Waals surface area contributed by atoms with Crippen molar-refractivity contribution in [3.8, 4) is 6.07 Å². The molecule has 0 aromatic rings. The van der Waals surface area contributed by atoms with Crippen LogP contribution in [-0.2, 0) is 9.53 Å². The molecule has 2 rings (SSSR count). The summed E-state index contributed by atoms with van der Waals surface area (Å²) in [6.45, 7) is 5.55. The second-order valence-corrected chi connectivity index (χ2v) is 6.24. The van der Waals surface area contributed by atoms with E-state index in [9.17, 15) is 10.1 Å². The SMILES string of the molecule is CC1CCC(NC(=O)C2(C#N)CCOCC2)CC1C. The Balaban J connectivity index is 1.95. The van der Waals surface area contributed by atoms with Crippen LogP contribution in [0.4, 0.5) is 0 Å². The molecular weight excluding hydrogens is 240 g/mol. The van der Waals surface area contributed by atoms with Gasteiger partial charge in [-0.1, -0.05) is 13.8 Å². The fraction of sp³-hybridized carbons (Fsp3) is 0.867. The lowest BCUT2D eigenvalue weighted by molar-refractivity contribution is -0.133. The van der Waals surface area contributed by atoms with Crippen molar-refractivity contribution >= 4 is 5.91 Å². The molecule has 106 valence electrons. The average molecular weight is 264 g/mol. The van der Waals surface area contributed by atoms with Crippen molar-refractivity contribution in [3.63, 3.8) is 0 Å².